The van der Waals surface area contributed by atoms with Gasteiger partial charge in [0.25, 0.3) is 0 Å². The maximum Gasteiger partial charge on any atom is 0.165 e. The van der Waals surface area contributed by atoms with Crippen LogP contribution in [0.1, 0.15) is 43.4 Å². The van der Waals surface area contributed by atoms with E-state index in [1.165, 1.54) is 17.2 Å². The molecule has 0 aliphatic carbocycles. The van der Waals surface area contributed by atoms with Crippen LogP contribution < -0.4 is 4.74 Å². The topological polar surface area (TPSA) is 9.23 Å². The molecule has 140 valence electrons. The molecule has 1 nitrogen and oxygen atoms in total. The lowest BCUT2D eigenvalue weighted by atomic mass is 9.79. The minimum atomic E-state index is -0.331. The van der Waals surface area contributed by atoms with Gasteiger partial charge in [0.2, 0.25) is 0 Å². The Morgan fingerprint density at radius 1 is 0.889 bits per heavy atom. The van der Waals surface area contributed by atoms with E-state index in [-0.39, 0.29) is 17.0 Å². The SMILES string of the molecule is Cc1ccc(C(C)(C)CCCc2ccc(F)c(Oc3ccccc3)c2)cc1. The van der Waals surface area contributed by atoms with Gasteiger partial charge in [-0.25, -0.2) is 4.39 Å². The van der Waals surface area contributed by atoms with Gasteiger partial charge in [0.1, 0.15) is 5.75 Å². The van der Waals surface area contributed by atoms with Crippen LogP contribution in [-0.2, 0) is 11.8 Å². The monoisotopic (exact) mass is 362 g/mol. The Morgan fingerprint density at radius 2 is 1.59 bits per heavy atom. The second-order valence-corrected chi connectivity index (χ2v) is 7.78. The van der Waals surface area contributed by atoms with E-state index in [1.807, 2.05) is 42.5 Å². The van der Waals surface area contributed by atoms with Crippen molar-refractivity contribution in [1.82, 2.24) is 0 Å². The number of benzene rings is 3. The molecule has 0 aliphatic heterocycles. The zero-order valence-electron chi connectivity index (χ0n) is 16.3. The average molecular weight is 362 g/mol. The molecule has 0 bridgehead atoms. The Balaban J connectivity index is 1.62. The maximum atomic E-state index is 14.1. The van der Waals surface area contributed by atoms with Gasteiger partial charge < -0.3 is 4.74 Å². The molecule has 27 heavy (non-hydrogen) atoms. The number of para-hydroxylation sites is 1. The largest absolute Gasteiger partial charge is 0.454 e. The van der Waals surface area contributed by atoms with Gasteiger partial charge in [0.05, 0.1) is 0 Å². The van der Waals surface area contributed by atoms with Crippen LogP contribution in [0.3, 0.4) is 0 Å². The summed E-state index contributed by atoms with van der Waals surface area (Å²) in [5, 5.41) is 0. The molecule has 3 aromatic carbocycles. The summed E-state index contributed by atoms with van der Waals surface area (Å²) in [6.45, 7) is 6.68. The molecule has 0 radical (unpaired) electrons. The lowest BCUT2D eigenvalue weighted by molar-refractivity contribution is 0.439. The van der Waals surface area contributed by atoms with E-state index in [9.17, 15) is 4.39 Å². The summed E-state index contributed by atoms with van der Waals surface area (Å²) in [5.41, 5.74) is 3.87. The van der Waals surface area contributed by atoms with Crippen LogP contribution in [0.5, 0.6) is 11.5 Å². The molecule has 0 unspecified atom stereocenters. The molecule has 0 spiro atoms. The molecule has 0 aromatic heterocycles. The van der Waals surface area contributed by atoms with Gasteiger partial charge in [0, 0.05) is 0 Å². The van der Waals surface area contributed by atoms with Gasteiger partial charge in [0.15, 0.2) is 11.6 Å². The van der Waals surface area contributed by atoms with Crippen molar-refractivity contribution in [2.45, 2.75) is 45.4 Å². The first kappa shape index (κ1) is 19.2. The van der Waals surface area contributed by atoms with Crippen LogP contribution in [0.15, 0.2) is 72.8 Å². The van der Waals surface area contributed by atoms with Gasteiger partial charge in [-0.05, 0) is 67.0 Å². The smallest absolute Gasteiger partial charge is 0.165 e. The third kappa shape index (κ3) is 5.19. The maximum absolute atomic E-state index is 14.1. The van der Waals surface area contributed by atoms with E-state index in [1.54, 1.807) is 0 Å². The second kappa shape index (κ2) is 8.39. The predicted molar refractivity (Wildman–Crippen MR) is 110 cm³/mol. The Labute approximate surface area is 161 Å². The molecular weight excluding hydrogens is 335 g/mol. The van der Waals surface area contributed by atoms with E-state index in [0.717, 1.165) is 24.8 Å². The number of hydrogen-bond donors (Lipinski definition) is 0. The van der Waals surface area contributed by atoms with Crippen molar-refractivity contribution >= 4 is 0 Å². The van der Waals surface area contributed by atoms with Crippen LogP contribution >= 0.6 is 0 Å². The number of aryl methyl sites for hydroxylation is 2. The van der Waals surface area contributed by atoms with Gasteiger partial charge in [-0.2, -0.15) is 0 Å². The minimum Gasteiger partial charge on any atom is -0.454 e. The summed E-state index contributed by atoms with van der Waals surface area (Å²) in [7, 11) is 0. The Kier molecular flexibility index (Phi) is 5.95. The van der Waals surface area contributed by atoms with E-state index in [2.05, 4.69) is 45.0 Å². The molecule has 0 saturated heterocycles. The van der Waals surface area contributed by atoms with Crippen molar-refractivity contribution in [3.8, 4) is 11.5 Å². The van der Waals surface area contributed by atoms with Crippen molar-refractivity contribution in [3.63, 3.8) is 0 Å². The van der Waals surface area contributed by atoms with Crippen molar-refractivity contribution in [3.05, 3.63) is 95.3 Å². The van der Waals surface area contributed by atoms with Crippen LogP contribution in [0.2, 0.25) is 0 Å². The fourth-order valence-electron chi connectivity index (χ4n) is 3.28. The molecule has 0 atom stereocenters. The fourth-order valence-corrected chi connectivity index (χ4v) is 3.28. The Morgan fingerprint density at radius 3 is 2.30 bits per heavy atom. The standard InChI is InChI=1S/C25H27FO/c1-19-11-14-21(15-12-19)25(2,3)17-7-8-20-13-16-23(26)24(18-20)27-22-9-5-4-6-10-22/h4-6,9-16,18H,7-8,17H2,1-3H3. The van der Waals surface area contributed by atoms with Gasteiger partial charge in [-0.15, -0.1) is 0 Å². The second-order valence-electron chi connectivity index (χ2n) is 7.78. The van der Waals surface area contributed by atoms with Crippen molar-refractivity contribution in [1.29, 1.82) is 0 Å². The lowest BCUT2D eigenvalue weighted by Crippen LogP contribution is -2.17. The molecule has 3 rings (SSSR count). The number of rotatable bonds is 7. The highest BCUT2D eigenvalue weighted by atomic mass is 19.1. The molecule has 0 fully saturated rings. The van der Waals surface area contributed by atoms with E-state index in [4.69, 9.17) is 4.74 Å². The number of hydrogen-bond acceptors (Lipinski definition) is 1. The molecule has 0 amide bonds. The molecule has 0 saturated carbocycles. The van der Waals surface area contributed by atoms with E-state index < -0.39 is 0 Å². The molecule has 3 aromatic rings. The van der Waals surface area contributed by atoms with Crippen molar-refractivity contribution < 1.29 is 9.13 Å². The first-order valence-corrected chi connectivity index (χ1v) is 9.52. The zero-order chi connectivity index (χ0) is 19.3. The van der Waals surface area contributed by atoms with Gasteiger partial charge >= 0.3 is 0 Å². The third-order valence-corrected chi connectivity index (χ3v) is 5.07. The van der Waals surface area contributed by atoms with E-state index in [0.29, 0.717) is 5.75 Å². The first-order chi connectivity index (χ1) is 12.9. The zero-order valence-corrected chi connectivity index (χ0v) is 16.3. The number of ether oxygens (including phenoxy) is 1. The summed E-state index contributed by atoms with van der Waals surface area (Å²) in [5.74, 6) is 0.605. The molecular formula is C25H27FO. The van der Waals surface area contributed by atoms with Crippen LogP contribution in [-0.4, -0.2) is 0 Å². The molecule has 0 aliphatic rings. The minimum absolute atomic E-state index is 0.122. The van der Waals surface area contributed by atoms with Gasteiger partial charge in [-0.3, -0.25) is 0 Å². The highest BCUT2D eigenvalue weighted by molar-refractivity contribution is 5.35. The summed E-state index contributed by atoms with van der Waals surface area (Å²) in [4.78, 5) is 0. The normalized spacial score (nSPS) is 11.4. The van der Waals surface area contributed by atoms with E-state index >= 15 is 0 Å². The van der Waals surface area contributed by atoms with Crippen molar-refractivity contribution in [2.75, 3.05) is 0 Å². The highest BCUT2D eigenvalue weighted by Crippen LogP contribution is 2.30. The Hall–Kier alpha value is -2.61. The third-order valence-electron chi connectivity index (χ3n) is 5.07. The summed E-state index contributed by atoms with van der Waals surface area (Å²) < 4.78 is 19.8. The lowest BCUT2D eigenvalue weighted by Gasteiger charge is -2.25. The van der Waals surface area contributed by atoms with Crippen LogP contribution in [0, 0.1) is 12.7 Å². The van der Waals surface area contributed by atoms with Crippen LogP contribution in [0.25, 0.3) is 0 Å². The predicted octanol–water partition coefficient (Wildman–Crippen LogP) is 7.23. The highest BCUT2D eigenvalue weighted by Gasteiger charge is 2.20. The fraction of sp³-hybridized carbons (Fsp3) is 0.280. The quantitative estimate of drug-likeness (QED) is 0.431. The summed E-state index contributed by atoms with van der Waals surface area (Å²) in [6.07, 6.45) is 3.01. The van der Waals surface area contributed by atoms with Crippen LogP contribution in [0.4, 0.5) is 4.39 Å². The molecule has 0 heterocycles. The average Bonchev–Trinajstić information content (AvgIpc) is 2.65. The number of halogens is 1. The molecule has 0 N–H and O–H groups in total. The Bertz CT molecular complexity index is 867. The van der Waals surface area contributed by atoms with Gasteiger partial charge in [-0.1, -0.05) is 67.9 Å². The summed E-state index contributed by atoms with van der Waals surface area (Å²) >= 11 is 0. The summed E-state index contributed by atoms with van der Waals surface area (Å²) in [6, 6.07) is 23.3. The molecule has 2 heteroatoms. The first-order valence-electron chi connectivity index (χ1n) is 9.52. The van der Waals surface area contributed by atoms with Crippen molar-refractivity contribution in [2.24, 2.45) is 0 Å².